The van der Waals surface area contributed by atoms with Gasteiger partial charge in [-0.3, -0.25) is 4.79 Å². The van der Waals surface area contributed by atoms with E-state index in [-0.39, 0.29) is 11.9 Å². The number of amides is 1. The van der Waals surface area contributed by atoms with Crippen molar-refractivity contribution in [1.82, 2.24) is 15.3 Å². The van der Waals surface area contributed by atoms with Crippen molar-refractivity contribution in [3.05, 3.63) is 30.4 Å². The van der Waals surface area contributed by atoms with Crippen LogP contribution in [0.5, 0.6) is 0 Å². The molecule has 0 fully saturated rings. The molecule has 76 valence electrons. The minimum Gasteiger partial charge on any atom is -0.347 e. The number of nitrogens with one attached hydrogen (secondary N) is 2. The smallest absolute Gasteiger partial charge is 0.244 e. The van der Waals surface area contributed by atoms with Gasteiger partial charge in [-0.1, -0.05) is 13.0 Å². The van der Waals surface area contributed by atoms with Crippen LogP contribution in [-0.2, 0) is 4.79 Å². The Morgan fingerprint density at radius 1 is 1.79 bits per heavy atom. The van der Waals surface area contributed by atoms with E-state index in [0.717, 1.165) is 12.2 Å². The third-order valence-corrected chi connectivity index (χ3v) is 1.89. The Morgan fingerprint density at radius 3 is 3.07 bits per heavy atom. The van der Waals surface area contributed by atoms with Crippen LogP contribution < -0.4 is 5.32 Å². The number of imidazole rings is 1. The zero-order chi connectivity index (χ0) is 10.4. The molecule has 0 radical (unpaired) electrons. The molecule has 1 atom stereocenters. The Balaban J connectivity index is 2.60. The first-order chi connectivity index (χ1) is 6.77. The van der Waals surface area contributed by atoms with Crippen LogP contribution in [0, 0.1) is 0 Å². The summed E-state index contributed by atoms with van der Waals surface area (Å²) < 4.78 is 0. The van der Waals surface area contributed by atoms with Gasteiger partial charge in [0.2, 0.25) is 5.91 Å². The first-order valence-electron chi connectivity index (χ1n) is 4.70. The molecule has 4 heteroatoms. The first-order valence-corrected chi connectivity index (χ1v) is 4.70. The van der Waals surface area contributed by atoms with Crippen molar-refractivity contribution >= 4 is 5.91 Å². The average molecular weight is 193 g/mol. The maximum atomic E-state index is 11.3. The first kappa shape index (κ1) is 10.5. The lowest BCUT2D eigenvalue weighted by Gasteiger charge is -2.12. The van der Waals surface area contributed by atoms with Gasteiger partial charge in [0.15, 0.2) is 0 Å². The van der Waals surface area contributed by atoms with Crippen molar-refractivity contribution in [2.45, 2.75) is 26.3 Å². The van der Waals surface area contributed by atoms with Gasteiger partial charge in [-0.25, -0.2) is 4.98 Å². The van der Waals surface area contributed by atoms with Crippen LogP contribution in [-0.4, -0.2) is 15.9 Å². The molecule has 2 N–H and O–H groups in total. The van der Waals surface area contributed by atoms with Crippen LogP contribution in [0.15, 0.2) is 24.5 Å². The van der Waals surface area contributed by atoms with Crippen molar-refractivity contribution < 1.29 is 4.79 Å². The van der Waals surface area contributed by atoms with Crippen molar-refractivity contribution in [2.75, 3.05) is 0 Å². The Kier molecular flexibility index (Phi) is 3.91. The molecule has 1 amide bonds. The van der Waals surface area contributed by atoms with Gasteiger partial charge in [0.05, 0.1) is 6.04 Å². The van der Waals surface area contributed by atoms with Gasteiger partial charge in [0.25, 0.3) is 0 Å². The highest BCUT2D eigenvalue weighted by Gasteiger charge is 2.12. The Hall–Kier alpha value is -1.58. The largest absolute Gasteiger partial charge is 0.347 e. The molecule has 0 aliphatic carbocycles. The number of aromatic nitrogens is 2. The number of nitrogens with zero attached hydrogens (tertiary/aromatic N) is 1. The molecule has 0 saturated heterocycles. The summed E-state index contributed by atoms with van der Waals surface area (Å²) in [5.41, 5.74) is 0. The highest BCUT2D eigenvalue weighted by Crippen LogP contribution is 2.10. The summed E-state index contributed by atoms with van der Waals surface area (Å²) in [6.07, 6.45) is 7.46. The van der Waals surface area contributed by atoms with Gasteiger partial charge in [-0.15, -0.1) is 0 Å². The number of H-pyrrole nitrogens is 1. The fourth-order valence-electron chi connectivity index (χ4n) is 1.20. The summed E-state index contributed by atoms with van der Waals surface area (Å²) in [5, 5.41) is 2.85. The quantitative estimate of drug-likeness (QED) is 0.713. The summed E-state index contributed by atoms with van der Waals surface area (Å²) in [6, 6.07) is -0.0336. The molecule has 0 saturated carbocycles. The highest BCUT2D eigenvalue weighted by molar-refractivity contribution is 5.87. The second-order valence-electron chi connectivity index (χ2n) is 2.94. The maximum Gasteiger partial charge on any atom is 0.244 e. The van der Waals surface area contributed by atoms with Gasteiger partial charge in [0.1, 0.15) is 5.82 Å². The summed E-state index contributed by atoms with van der Waals surface area (Å²) >= 11 is 0. The van der Waals surface area contributed by atoms with Crippen LogP contribution in [0.2, 0.25) is 0 Å². The molecular formula is C10H15N3O. The number of rotatable bonds is 4. The summed E-state index contributed by atoms with van der Waals surface area (Å²) in [6.45, 7) is 3.82. The van der Waals surface area contributed by atoms with E-state index in [4.69, 9.17) is 0 Å². The fourth-order valence-corrected chi connectivity index (χ4v) is 1.20. The third-order valence-electron chi connectivity index (χ3n) is 1.89. The minimum atomic E-state index is -0.0873. The van der Waals surface area contributed by atoms with Gasteiger partial charge >= 0.3 is 0 Å². The van der Waals surface area contributed by atoms with E-state index >= 15 is 0 Å². The molecule has 0 spiro atoms. The number of carbonyl (C=O) groups is 1. The predicted molar refractivity (Wildman–Crippen MR) is 54.6 cm³/mol. The maximum absolute atomic E-state index is 11.3. The van der Waals surface area contributed by atoms with Gasteiger partial charge in [0, 0.05) is 12.4 Å². The minimum absolute atomic E-state index is 0.0336. The molecule has 1 heterocycles. The lowest BCUT2D eigenvalue weighted by atomic mass is 10.2. The van der Waals surface area contributed by atoms with E-state index < -0.39 is 0 Å². The molecule has 1 aromatic heterocycles. The molecule has 1 aromatic rings. The molecule has 0 aromatic carbocycles. The highest BCUT2D eigenvalue weighted by atomic mass is 16.1. The van der Waals surface area contributed by atoms with Gasteiger partial charge in [-0.2, -0.15) is 0 Å². The van der Waals surface area contributed by atoms with Crippen LogP contribution in [0.4, 0.5) is 0 Å². The Labute approximate surface area is 83.4 Å². The topological polar surface area (TPSA) is 57.8 Å². The molecule has 0 bridgehead atoms. The predicted octanol–water partition coefficient (Wildman–Crippen LogP) is 1.55. The zero-order valence-corrected chi connectivity index (χ0v) is 8.45. The zero-order valence-electron chi connectivity index (χ0n) is 8.45. The molecule has 1 rings (SSSR count). The number of hydrogen-bond donors (Lipinski definition) is 2. The van der Waals surface area contributed by atoms with Crippen LogP contribution >= 0.6 is 0 Å². The van der Waals surface area contributed by atoms with Gasteiger partial charge in [-0.05, 0) is 19.4 Å². The third kappa shape index (κ3) is 2.73. The second-order valence-corrected chi connectivity index (χ2v) is 2.94. The molecular weight excluding hydrogens is 178 g/mol. The summed E-state index contributed by atoms with van der Waals surface area (Å²) in [7, 11) is 0. The van der Waals surface area contributed by atoms with Crippen LogP contribution in [0.1, 0.15) is 32.1 Å². The molecule has 14 heavy (non-hydrogen) atoms. The SMILES string of the molecule is C/C=C/C(=O)NC(CC)c1ncc[nH]1. The fraction of sp³-hybridized carbons (Fsp3) is 0.400. The van der Waals surface area contributed by atoms with Crippen molar-refractivity contribution in [2.24, 2.45) is 0 Å². The van der Waals surface area contributed by atoms with E-state index in [1.54, 1.807) is 18.5 Å². The number of allylic oxidation sites excluding steroid dienone is 1. The van der Waals surface area contributed by atoms with Crippen molar-refractivity contribution in [1.29, 1.82) is 0 Å². The Morgan fingerprint density at radius 2 is 2.57 bits per heavy atom. The summed E-state index contributed by atoms with van der Waals surface area (Å²) in [5.74, 6) is 0.709. The van der Waals surface area contributed by atoms with Crippen molar-refractivity contribution in [3.63, 3.8) is 0 Å². The van der Waals surface area contributed by atoms with E-state index in [2.05, 4.69) is 15.3 Å². The number of aromatic amines is 1. The monoisotopic (exact) mass is 193 g/mol. The average Bonchev–Trinajstić information content (AvgIpc) is 2.67. The molecule has 0 aliphatic heterocycles. The molecule has 1 unspecified atom stereocenters. The Bertz CT molecular complexity index is 303. The van der Waals surface area contributed by atoms with Crippen LogP contribution in [0.25, 0.3) is 0 Å². The number of carbonyl (C=O) groups excluding carboxylic acids is 1. The van der Waals surface area contributed by atoms with Gasteiger partial charge < -0.3 is 10.3 Å². The standard InChI is InChI=1S/C10H15N3O/c1-3-5-9(14)13-8(4-2)10-11-6-7-12-10/h3,5-8H,4H2,1-2H3,(H,11,12)(H,13,14)/b5-3+. The van der Waals surface area contributed by atoms with Crippen molar-refractivity contribution in [3.8, 4) is 0 Å². The molecule has 4 nitrogen and oxygen atoms in total. The lowest BCUT2D eigenvalue weighted by molar-refractivity contribution is -0.117. The normalized spacial score (nSPS) is 13.0. The van der Waals surface area contributed by atoms with E-state index in [0.29, 0.717) is 0 Å². The van der Waals surface area contributed by atoms with E-state index in [1.807, 2.05) is 13.8 Å². The lowest BCUT2D eigenvalue weighted by Crippen LogP contribution is -2.27. The number of hydrogen-bond acceptors (Lipinski definition) is 2. The van der Waals surface area contributed by atoms with E-state index in [9.17, 15) is 4.79 Å². The summed E-state index contributed by atoms with van der Waals surface area (Å²) in [4.78, 5) is 18.4. The second kappa shape index (κ2) is 5.21. The van der Waals surface area contributed by atoms with E-state index in [1.165, 1.54) is 6.08 Å². The molecule has 0 aliphatic rings. The van der Waals surface area contributed by atoms with Crippen LogP contribution in [0.3, 0.4) is 0 Å².